The average Bonchev–Trinajstić information content (AvgIpc) is 2.71. The summed E-state index contributed by atoms with van der Waals surface area (Å²) in [6.45, 7) is 5.21. The fourth-order valence-corrected chi connectivity index (χ4v) is 3.36. The molecule has 0 fully saturated rings. The van der Waals surface area contributed by atoms with Crippen molar-refractivity contribution in [1.82, 2.24) is 10.2 Å². The number of benzene rings is 2. The van der Waals surface area contributed by atoms with Crippen LogP contribution in [-0.4, -0.2) is 48.8 Å². The summed E-state index contributed by atoms with van der Waals surface area (Å²) in [5.74, 6) is -1.07. The highest BCUT2D eigenvalue weighted by atomic mass is 35.5. The lowest BCUT2D eigenvalue weighted by atomic mass is 10.1. The molecule has 0 saturated carbocycles. The fraction of sp³-hybridized carbons (Fsp3) is 0.318. The first-order chi connectivity index (χ1) is 14.6. The Labute approximate surface area is 192 Å². The van der Waals surface area contributed by atoms with E-state index in [4.69, 9.17) is 23.2 Å². The zero-order valence-electron chi connectivity index (χ0n) is 17.9. The Balaban J connectivity index is 1.85. The highest BCUT2D eigenvalue weighted by molar-refractivity contribution is 6.39. The van der Waals surface area contributed by atoms with Crippen LogP contribution < -0.4 is 16.0 Å². The van der Waals surface area contributed by atoms with E-state index in [1.165, 1.54) is 0 Å². The van der Waals surface area contributed by atoms with Gasteiger partial charge in [0.2, 0.25) is 17.7 Å². The summed E-state index contributed by atoms with van der Waals surface area (Å²) in [6.07, 6.45) is 0. The Kier molecular flexibility index (Phi) is 8.86. The molecule has 2 rings (SSSR count). The summed E-state index contributed by atoms with van der Waals surface area (Å²) in [6, 6.07) is 9.99. The lowest BCUT2D eigenvalue weighted by Crippen LogP contribution is -2.47. The summed E-state index contributed by atoms with van der Waals surface area (Å²) >= 11 is 12.1. The van der Waals surface area contributed by atoms with Crippen molar-refractivity contribution in [2.75, 3.05) is 30.8 Å². The molecule has 2 aromatic carbocycles. The molecular formula is C22H26Cl2N4O3. The number of hydrogen-bond acceptors (Lipinski definition) is 4. The summed E-state index contributed by atoms with van der Waals surface area (Å²) in [5, 5.41) is 8.71. The van der Waals surface area contributed by atoms with Crippen LogP contribution in [0, 0.1) is 13.8 Å². The van der Waals surface area contributed by atoms with Crippen molar-refractivity contribution >= 4 is 52.3 Å². The van der Waals surface area contributed by atoms with E-state index in [2.05, 4.69) is 16.0 Å². The van der Waals surface area contributed by atoms with Crippen LogP contribution in [0.15, 0.2) is 36.4 Å². The van der Waals surface area contributed by atoms with Gasteiger partial charge in [0.15, 0.2) is 0 Å². The summed E-state index contributed by atoms with van der Waals surface area (Å²) in [5.41, 5.74) is 2.95. The Morgan fingerprint density at radius 3 is 2.00 bits per heavy atom. The molecule has 0 spiro atoms. The van der Waals surface area contributed by atoms with Gasteiger partial charge in [0.1, 0.15) is 0 Å². The number of carbonyl (C=O) groups is 3. The zero-order valence-corrected chi connectivity index (χ0v) is 19.4. The number of halogens is 2. The molecule has 31 heavy (non-hydrogen) atoms. The lowest BCUT2D eigenvalue weighted by Gasteiger charge is -2.23. The van der Waals surface area contributed by atoms with Crippen LogP contribution in [0.25, 0.3) is 0 Å². The number of nitrogens with zero attached hydrogens (tertiary/aromatic N) is 1. The van der Waals surface area contributed by atoms with Gasteiger partial charge in [0, 0.05) is 5.69 Å². The number of hydrogen-bond donors (Lipinski definition) is 3. The zero-order chi connectivity index (χ0) is 23.1. The van der Waals surface area contributed by atoms with Gasteiger partial charge in [-0.05, 0) is 51.1 Å². The second-order valence-corrected chi connectivity index (χ2v) is 8.08. The Morgan fingerprint density at radius 1 is 0.903 bits per heavy atom. The third-order valence-electron chi connectivity index (χ3n) is 4.83. The summed E-state index contributed by atoms with van der Waals surface area (Å²) in [7, 11) is 1.63. The van der Waals surface area contributed by atoms with Crippen molar-refractivity contribution in [2.24, 2.45) is 0 Å². The number of rotatable bonds is 8. The van der Waals surface area contributed by atoms with E-state index in [-0.39, 0.29) is 30.8 Å². The number of aryl methyl sites for hydroxylation is 2. The van der Waals surface area contributed by atoms with Crippen molar-refractivity contribution in [2.45, 2.75) is 26.8 Å². The molecule has 0 aliphatic heterocycles. The van der Waals surface area contributed by atoms with Crippen LogP contribution in [0.4, 0.5) is 11.4 Å². The Bertz CT molecular complexity index is 941. The van der Waals surface area contributed by atoms with Crippen LogP contribution >= 0.6 is 23.2 Å². The first-order valence-electron chi connectivity index (χ1n) is 9.68. The first-order valence-corrected chi connectivity index (χ1v) is 10.4. The second-order valence-electron chi connectivity index (χ2n) is 7.27. The predicted molar refractivity (Wildman–Crippen MR) is 125 cm³/mol. The van der Waals surface area contributed by atoms with Gasteiger partial charge in [-0.3, -0.25) is 19.3 Å². The molecule has 3 N–H and O–H groups in total. The molecule has 0 aliphatic carbocycles. The minimum absolute atomic E-state index is 0.0647. The molecule has 0 aromatic heterocycles. The van der Waals surface area contributed by atoms with E-state index in [9.17, 15) is 14.4 Å². The third kappa shape index (κ3) is 6.95. The van der Waals surface area contributed by atoms with Gasteiger partial charge in [-0.25, -0.2) is 0 Å². The van der Waals surface area contributed by atoms with Gasteiger partial charge in [-0.15, -0.1) is 0 Å². The van der Waals surface area contributed by atoms with Crippen LogP contribution in [0.1, 0.15) is 18.1 Å². The number of amides is 3. The second kappa shape index (κ2) is 11.1. The molecule has 0 radical (unpaired) electrons. The first kappa shape index (κ1) is 24.7. The van der Waals surface area contributed by atoms with E-state index >= 15 is 0 Å². The number of likely N-dealkylation sites (N-methyl/N-ethyl adjacent to an activating group) is 1. The molecule has 3 amide bonds. The van der Waals surface area contributed by atoms with Crippen molar-refractivity contribution in [3.8, 4) is 0 Å². The van der Waals surface area contributed by atoms with Gasteiger partial charge >= 0.3 is 0 Å². The van der Waals surface area contributed by atoms with Gasteiger partial charge < -0.3 is 16.0 Å². The average molecular weight is 465 g/mol. The van der Waals surface area contributed by atoms with E-state index in [0.29, 0.717) is 15.7 Å². The monoisotopic (exact) mass is 464 g/mol. The highest BCUT2D eigenvalue weighted by Crippen LogP contribution is 2.29. The highest BCUT2D eigenvalue weighted by Gasteiger charge is 2.21. The van der Waals surface area contributed by atoms with Gasteiger partial charge in [0.05, 0.1) is 34.9 Å². The molecule has 1 unspecified atom stereocenters. The van der Waals surface area contributed by atoms with Gasteiger partial charge in [-0.2, -0.15) is 0 Å². The van der Waals surface area contributed by atoms with Crippen LogP contribution in [-0.2, 0) is 14.4 Å². The van der Waals surface area contributed by atoms with Gasteiger partial charge in [-0.1, -0.05) is 47.5 Å². The predicted octanol–water partition coefficient (Wildman–Crippen LogP) is 3.62. The Morgan fingerprint density at radius 2 is 1.42 bits per heavy atom. The number of anilines is 2. The quantitative estimate of drug-likeness (QED) is 0.556. The minimum atomic E-state index is -0.638. The number of nitrogens with one attached hydrogen (secondary N) is 3. The molecule has 9 heteroatoms. The van der Waals surface area contributed by atoms with Crippen LogP contribution in [0.2, 0.25) is 10.0 Å². The van der Waals surface area contributed by atoms with Gasteiger partial charge in [0.25, 0.3) is 0 Å². The molecule has 2 aromatic rings. The van der Waals surface area contributed by atoms with Crippen LogP contribution in [0.3, 0.4) is 0 Å². The molecule has 0 aliphatic rings. The molecule has 0 heterocycles. The molecule has 0 bridgehead atoms. The van der Waals surface area contributed by atoms with Crippen molar-refractivity contribution in [1.29, 1.82) is 0 Å². The largest absolute Gasteiger partial charge is 0.346 e. The maximum atomic E-state index is 12.4. The number of para-hydroxylation sites is 2. The van der Waals surface area contributed by atoms with E-state index in [1.807, 2.05) is 32.0 Å². The van der Waals surface area contributed by atoms with E-state index < -0.39 is 6.04 Å². The SMILES string of the molecule is Cc1cccc(C)c1NC(=O)CNC(=O)C(C)N(C)CC(=O)Nc1c(Cl)cccc1Cl. The lowest BCUT2D eigenvalue weighted by molar-refractivity contribution is -0.128. The molecule has 166 valence electrons. The van der Waals surface area contributed by atoms with E-state index in [0.717, 1.165) is 16.8 Å². The van der Waals surface area contributed by atoms with Crippen LogP contribution in [0.5, 0.6) is 0 Å². The number of carbonyl (C=O) groups excluding carboxylic acids is 3. The van der Waals surface area contributed by atoms with Crippen molar-refractivity contribution in [3.63, 3.8) is 0 Å². The van der Waals surface area contributed by atoms with Crippen molar-refractivity contribution < 1.29 is 14.4 Å². The molecular weight excluding hydrogens is 439 g/mol. The molecule has 7 nitrogen and oxygen atoms in total. The topological polar surface area (TPSA) is 90.5 Å². The normalized spacial score (nSPS) is 11.7. The maximum Gasteiger partial charge on any atom is 0.243 e. The van der Waals surface area contributed by atoms with Crippen molar-refractivity contribution in [3.05, 3.63) is 57.6 Å². The summed E-state index contributed by atoms with van der Waals surface area (Å²) < 4.78 is 0. The standard InChI is InChI=1S/C22H26Cl2N4O3/c1-13-7-5-8-14(2)20(13)26-18(29)11-25-22(31)15(3)28(4)12-19(30)27-21-16(23)9-6-10-17(21)24/h5-10,15H,11-12H2,1-4H3,(H,25,31)(H,26,29)(H,27,30). The molecule has 1 atom stereocenters. The Hall–Kier alpha value is -2.61. The molecule has 0 saturated heterocycles. The third-order valence-corrected chi connectivity index (χ3v) is 5.46. The fourth-order valence-electron chi connectivity index (χ4n) is 2.87. The minimum Gasteiger partial charge on any atom is -0.346 e. The van der Waals surface area contributed by atoms with E-state index in [1.54, 1.807) is 37.1 Å². The maximum absolute atomic E-state index is 12.4. The summed E-state index contributed by atoms with van der Waals surface area (Å²) in [4.78, 5) is 38.5. The smallest absolute Gasteiger partial charge is 0.243 e.